The number of ketones is 1. The number of carbonyl (C=O) groups excluding carboxylic acids is 2. The molecular weight excluding hydrogens is 430 g/mol. The van der Waals surface area contributed by atoms with Gasteiger partial charge < -0.3 is 14.3 Å². The Morgan fingerprint density at radius 1 is 1.09 bits per heavy atom. The molecule has 34 heavy (non-hydrogen) atoms. The minimum absolute atomic E-state index is 0.00378. The fraction of sp³-hybridized carbons (Fsp3) is 0.286. The summed E-state index contributed by atoms with van der Waals surface area (Å²) in [6.45, 7) is 10.4. The predicted molar refractivity (Wildman–Crippen MR) is 131 cm³/mol. The van der Waals surface area contributed by atoms with Crippen LogP contribution in [0.3, 0.4) is 0 Å². The van der Waals surface area contributed by atoms with Gasteiger partial charge in [0.05, 0.1) is 18.4 Å². The first-order valence-electron chi connectivity index (χ1n) is 11.3. The number of nitrogens with zero attached hydrogens (tertiary/aromatic N) is 1. The number of furan rings is 1. The van der Waals surface area contributed by atoms with Crippen LogP contribution in [0.25, 0.3) is 5.76 Å². The van der Waals surface area contributed by atoms with Crippen LogP contribution in [0.15, 0.2) is 70.9 Å². The standard InChI is InChI=1S/C28H29NO5/c1-6-33-20-10-7-9-19(16-20)29-24(22-11-8-14-34-22)23(26(31)27(29)32)25(30)21-15-18(28(3,4)5)13-12-17(21)2/h7-16,24,30H,6H2,1-5H3/b25-23+. The van der Waals surface area contributed by atoms with Crippen LogP contribution in [0.2, 0.25) is 0 Å². The van der Waals surface area contributed by atoms with Crippen molar-refractivity contribution in [3.8, 4) is 5.75 Å². The van der Waals surface area contributed by atoms with Crippen LogP contribution < -0.4 is 9.64 Å². The maximum Gasteiger partial charge on any atom is 0.300 e. The molecule has 4 rings (SSSR count). The average molecular weight is 460 g/mol. The van der Waals surface area contributed by atoms with Gasteiger partial charge in [-0.2, -0.15) is 0 Å². The molecular formula is C28H29NO5. The Bertz CT molecular complexity index is 1260. The van der Waals surface area contributed by atoms with Gasteiger partial charge in [-0.05, 0) is 60.7 Å². The maximum absolute atomic E-state index is 13.3. The second-order valence-electron chi connectivity index (χ2n) is 9.39. The molecule has 0 aliphatic carbocycles. The number of ether oxygens (including phenoxy) is 1. The third-order valence-corrected chi connectivity index (χ3v) is 6.02. The predicted octanol–water partition coefficient (Wildman–Crippen LogP) is 5.91. The van der Waals surface area contributed by atoms with Crippen molar-refractivity contribution >= 4 is 23.1 Å². The molecule has 3 aromatic rings. The van der Waals surface area contributed by atoms with Gasteiger partial charge in [0.2, 0.25) is 0 Å². The van der Waals surface area contributed by atoms with E-state index in [0.717, 1.165) is 11.1 Å². The van der Waals surface area contributed by atoms with Gasteiger partial charge in [-0.1, -0.05) is 39.0 Å². The molecule has 0 radical (unpaired) electrons. The summed E-state index contributed by atoms with van der Waals surface area (Å²) in [6.07, 6.45) is 1.48. The van der Waals surface area contributed by atoms with E-state index in [1.165, 1.54) is 11.2 Å². The molecule has 2 aromatic carbocycles. The van der Waals surface area contributed by atoms with E-state index in [1.807, 2.05) is 32.0 Å². The molecule has 1 fully saturated rings. The SMILES string of the molecule is CCOc1cccc(N2C(=O)C(=O)/C(=C(/O)c3cc(C(C)(C)C)ccc3C)C2c2ccco2)c1. The number of Topliss-reactive ketones (excluding diaryl/α,β-unsaturated/α-hetero) is 1. The highest BCUT2D eigenvalue weighted by Gasteiger charge is 2.48. The molecule has 6 heteroatoms. The molecule has 0 bridgehead atoms. The van der Waals surface area contributed by atoms with Gasteiger partial charge in [-0.3, -0.25) is 14.5 Å². The molecule has 176 valence electrons. The summed E-state index contributed by atoms with van der Waals surface area (Å²) in [5, 5.41) is 11.5. The lowest BCUT2D eigenvalue weighted by Gasteiger charge is -2.24. The molecule has 1 unspecified atom stereocenters. The van der Waals surface area contributed by atoms with Crippen LogP contribution in [0.1, 0.15) is 56.2 Å². The quantitative estimate of drug-likeness (QED) is 0.291. The monoisotopic (exact) mass is 459 g/mol. The van der Waals surface area contributed by atoms with Gasteiger partial charge in [-0.25, -0.2) is 0 Å². The lowest BCUT2D eigenvalue weighted by atomic mass is 9.84. The Morgan fingerprint density at radius 3 is 2.50 bits per heavy atom. The minimum Gasteiger partial charge on any atom is -0.507 e. The molecule has 1 aliphatic rings. The summed E-state index contributed by atoms with van der Waals surface area (Å²) in [5.41, 5.74) is 2.64. The normalized spacial score (nSPS) is 17.9. The van der Waals surface area contributed by atoms with Gasteiger partial charge in [0.25, 0.3) is 11.7 Å². The number of aryl methyl sites for hydroxylation is 1. The number of hydrogen-bond donors (Lipinski definition) is 1. The largest absolute Gasteiger partial charge is 0.507 e. The number of benzene rings is 2. The molecule has 1 atom stereocenters. The van der Waals surface area contributed by atoms with Crippen molar-refractivity contribution in [1.82, 2.24) is 0 Å². The molecule has 1 aromatic heterocycles. The van der Waals surface area contributed by atoms with Crippen LogP contribution in [0, 0.1) is 6.92 Å². The Morgan fingerprint density at radius 2 is 1.85 bits per heavy atom. The first-order chi connectivity index (χ1) is 16.1. The Hall–Kier alpha value is -3.80. The Labute approximate surface area is 199 Å². The third kappa shape index (κ3) is 4.12. The highest BCUT2D eigenvalue weighted by Crippen LogP contribution is 2.43. The van der Waals surface area contributed by atoms with Crippen LogP contribution in [-0.2, 0) is 15.0 Å². The van der Waals surface area contributed by atoms with Crippen molar-refractivity contribution in [2.75, 3.05) is 11.5 Å². The van der Waals surface area contributed by atoms with Crippen LogP contribution >= 0.6 is 0 Å². The van der Waals surface area contributed by atoms with Gasteiger partial charge in [-0.15, -0.1) is 0 Å². The van der Waals surface area contributed by atoms with Crippen molar-refractivity contribution in [1.29, 1.82) is 0 Å². The van der Waals surface area contributed by atoms with E-state index in [0.29, 0.717) is 29.4 Å². The molecule has 6 nitrogen and oxygen atoms in total. The number of aliphatic hydroxyl groups is 1. The fourth-order valence-electron chi connectivity index (χ4n) is 4.19. The zero-order valence-corrected chi connectivity index (χ0v) is 20.1. The van der Waals surface area contributed by atoms with Crippen molar-refractivity contribution in [3.05, 3.63) is 88.9 Å². The van der Waals surface area contributed by atoms with Gasteiger partial charge in [0.15, 0.2) is 0 Å². The van der Waals surface area contributed by atoms with Crippen LogP contribution in [0.4, 0.5) is 5.69 Å². The number of rotatable bonds is 5. The first kappa shape index (κ1) is 23.4. The lowest BCUT2D eigenvalue weighted by Crippen LogP contribution is -2.29. The topological polar surface area (TPSA) is 80.0 Å². The van der Waals surface area contributed by atoms with E-state index in [1.54, 1.807) is 36.4 Å². The zero-order valence-electron chi connectivity index (χ0n) is 20.1. The molecule has 0 saturated carbocycles. The average Bonchev–Trinajstić information content (AvgIpc) is 3.40. The molecule has 1 amide bonds. The smallest absolute Gasteiger partial charge is 0.300 e. The number of hydrogen-bond acceptors (Lipinski definition) is 5. The second kappa shape index (κ2) is 8.86. The van der Waals surface area contributed by atoms with Crippen molar-refractivity contribution in [2.24, 2.45) is 0 Å². The highest BCUT2D eigenvalue weighted by atomic mass is 16.5. The number of carbonyl (C=O) groups is 2. The first-order valence-corrected chi connectivity index (χ1v) is 11.3. The number of anilines is 1. The van der Waals surface area contributed by atoms with E-state index in [2.05, 4.69) is 20.8 Å². The summed E-state index contributed by atoms with van der Waals surface area (Å²) in [4.78, 5) is 28.0. The molecule has 2 heterocycles. The van der Waals surface area contributed by atoms with Crippen LogP contribution in [-0.4, -0.2) is 23.4 Å². The van der Waals surface area contributed by atoms with Gasteiger partial charge in [0.1, 0.15) is 23.3 Å². The van der Waals surface area contributed by atoms with Crippen LogP contribution in [0.5, 0.6) is 5.75 Å². The Balaban J connectivity index is 1.93. The second-order valence-corrected chi connectivity index (χ2v) is 9.39. The van der Waals surface area contributed by atoms with Gasteiger partial charge >= 0.3 is 0 Å². The van der Waals surface area contributed by atoms with E-state index in [4.69, 9.17) is 9.15 Å². The third-order valence-electron chi connectivity index (χ3n) is 6.02. The van der Waals surface area contributed by atoms with E-state index in [9.17, 15) is 14.7 Å². The lowest BCUT2D eigenvalue weighted by molar-refractivity contribution is -0.132. The van der Waals surface area contributed by atoms with Crippen molar-refractivity contribution < 1.29 is 23.8 Å². The summed E-state index contributed by atoms with van der Waals surface area (Å²) in [5.74, 6) is -0.754. The summed E-state index contributed by atoms with van der Waals surface area (Å²) < 4.78 is 11.2. The molecule has 1 saturated heterocycles. The summed E-state index contributed by atoms with van der Waals surface area (Å²) in [7, 11) is 0. The van der Waals surface area contributed by atoms with E-state index in [-0.39, 0.29) is 16.7 Å². The minimum atomic E-state index is -0.912. The number of aliphatic hydroxyl groups excluding tert-OH is 1. The number of amides is 1. The van der Waals surface area contributed by atoms with E-state index >= 15 is 0 Å². The zero-order chi connectivity index (χ0) is 24.6. The molecule has 1 N–H and O–H groups in total. The van der Waals surface area contributed by atoms with Crippen molar-refractivity contribution in [3.63, 3.8) is 0 Å². The summed E-state index contributed by atoms with van der Waals surface area (Å²) in [6, 6.07) is 15.3. The molecule has 1 aliphatic heterocycles. The Kier molecular flexibility index (Phi) is 6.09. The van der Waals surface area contributed by atoms with Gasteiger partial charge in [0, 0.05) is 17.3 Å². The van der Waals surface area contributed by atoms with Crippen molar-refractivity contribution in [2.45, 2.75) is 46.1 Å². The molecule has 0 spiro atoms. The maximum atomic E-state index is 13.3. The fourth-order valence-corrected chi connectivity index (χ4v) is 4.19. The summed E-state index contributed by atoms with van der Waals surface area (Å²) >= 11 is 0. The van der Waals surface area contributed by atoms with E-state index < -0.39 is 17.7 Å². The highest BCUT2D eigenvalue weighted by molar-refractivity contribution is 6.51.